The van der Waals surface area contributed by atoms with Crippen molar-refractivity contribution in [2.75, 3.05) is 11.9 Å². The van der Waals surface area contributed by atoms with Crippen molar-refractivity contribution in [2.24, 2.45) is 0 Å². The lowest BCUT2D eigenvalue weighted by atomic mass is 10.3. The first-order chi connectivity index (χ1) is 11.8. The molecule has 0 aliphatic carbocycles. The predicted molar refractivity (Wildman–Crippen MR) is 85.0 cm³/mol. The molecule has 0 aliphatic rings. The van der Waals surface area contributed by atoms with Crippen molar-refractivity contribution >= 4 is 45.1 Å². The van der Waals surface area contributed by atoms with Crippen molar-refractivity contribution < 1.29 is 27.1 Å². The second-order valence-electron chi connectivity index (χ2n) is 4.88. The number of fused-ring (bicyclic) bond motifs is 1. The number of nitrogens with one attached hydrogen (secondary N) is 1. The Morgan fingerprint density at radius 2 is 2.20 bits per heavy atom. The number of carbonyl (C=O) groups excluding carboxylic acids is 1. The topological polar surface area (TPSA) is 77.2 Å². The zero-order chi connectivity index (χ0) is 18.0. The van der Waals surface area contributed by atoms with Crippen LogP contribution in [0.15, 0.2) is 29.0 Å². The van der Waals surface area contributed by atoms with Gasteiger partial charge in [-0.2, -0.15) is 17.5 Å². The molecule has 0 unspecified atom stereocenters. The molecule has 25 heavy (non-hydrogen) atoms. The standard InChI is InChI=1S/C14H9ClF3N3O3S/c15-12-9(4-14(16,17)18)21-25-13(12)20-11(22)5-23-7-1-2-10-8(3-7)19-6-24-10/h1-3,6H,4-5H2,(H,20,22). The minimum Gasteiger partial charge on any atom is -0.484 e. The number of oxazole rings is 1. The fourth-order valence-corrected chi connectivity index (χ4v) is 2.95. The third kappa shape index (κ3) is 4.40. The van der Waals surface area contributed by atoms with E-state index < -0.39 is 18.5 Å². The zero-order valence-corrected chi connectivity index (χ0v) is 13.8. The molecule has 6 nitrogen and oxygen atoms in total. The number of carbonyl (C=O) groups is 1. The van der Waals surface area contributed by atoms with Crippen molar-refractivity contribution in [2.45, 2.75) is 12.6 Å². The van der Waals surface area contributed by atoms with Crippen LogP contribution in [0.1, 0.15) is 5.69 Å². The van der Waals surface area contributed by atoms with Crippen LogP contribution < -0.4 is 10.1 Å². The van der Waals surface area contributed by atoms with E-state index in [2.05, 4.69) is 14.7 Å². The normalized spacial score (nSPS) is 11.7. The quantitative estimate of drug-likeness (QED) is 0.709. The Balaban J connectivity index is 1.59. The highest BCUT2D eigenvalue weighted by Gasteiger charge is 2.31. The van der Waals surface area contributed by atoms with Crippen LogP contribution in [0, 0.1) is 0 Å². The van der Waals surface area contributed by atoms with Gasteiger partial charge in [-0.25, -0.2) is 4.98 Å². The van der Waals surface area contributed by atoms with E-state index in [1.54, 1.807) is 18.2 Å². The molecule has 0 saturated heterocycles. The number of aromatic nitrogens is 2. The molecule has 0 spiro atoms. The van der Waals surface area contributed by atoms with Crippen LogP contribution in [0.5, 0.6) is 5.75 Å². The second kappa shape index (κ2) is 6.89. The summed E-state index contributed by atoms with van der Waals surface area (Å²) in [4.78, 5) is 15.8. The van der Waals surface area contributed by atoms with Gasteiger partial charge in [0, 0.05) is 6.07 Å². The summed E-state index contributed by atoms with van der Waals surface area (Å²) in [5, 5.41) is 2.20. The number of rotatable bonds is 5. The number of benzene rings is 1. The number of halogens is 4. The van der Waals surface area contributed by atoms with E-state index in [1.807, 2.05) is 0 Å². The van der Waals surface area contributed by atoms with Gasteiger partial charge >= 0.3 is 6.18 Å². The van der Waals surface area contributed by atoms with Gasteiger partial charge in [-0.05, 0) is 23.7 Å². The van der Waals surface area contributed by atoms with Gasteiger partial charge in [0.15, 0.2) is 18.6 Å². The third-order valence-electron chi connectivity index (χ3n) is 2.99. The third-order valence-corrected chi connectivity index (χ3v) is 4.31. The molecule has 0 saturated carbocycles. The first kappa shape index (κ1) is 17.5. The molecule has 1 amide bonds. The maximum Gasteiger partial charge on any atom is 0.394 e. The van der Waals surface area contributed by atoms with Gasteiger partial charge in [0.2, 0.25) is 0 Å². The lowest BCUT2D eigenvalue weighted by Crippen LogP contribution is -2.19. The SMILES string of the molecule is O=C(COc1ccc2ocnc2c1)Nc1snc(CC(F)(F)F)c1Cl. The van der Waals surface area contributed by atoms with Crippen molar-refractivity contribution in [3.8, 4) is 5.75 Å². The molecule has 2 heterocycles. The molecular weight excluding hydrogens is 383 g/mol. The highest BCUT2D eigenvalue weighted by Crippen LogP contribution is 2.34. The summed E-state index contributed by atoms with van der Waals surface area (Å²) in [5.74, 6) is -0.186. The van der Waals surface area contributed by atoms with Gasteiger partial charge in [0.05, 0.1) is 17.1 Å². The molecule has 1 aromatic carbocycles. The molecule has 2 aromatic heterocycles. The van der Waals surface area contributed by atoms with Crippen LogP contribution in [0.2, 0.25) is 5.02 Å². The average Bonchev–Trinajstić information content (AvgIpc) is 3.12. The number of amides is 1. The summed E-state index contributed by atoms with van der Waals surface area (Å²) < 4.78 is 51.1. The van der Waals surface area contributed by atoms with Crippen LogP contribution in [0.3, 0.4) is 0 Å². The summed E-state index contributed by atoms with van der Waals surface area (Å²) in [5.41, 5.74) is 0.817. The molecule has 11 heteroatoms. The largest absolute Gasteiger partial charge is 0.484 e. The van der Waals surface area contributed by atoms with Gasteiger partial charge in [-0.3, -0.25) is 4.79 Å². The number of alkyl halides is 3. The Labute approximate surface area is 147 Å². The van der Waals surface area contributed by atoms with Gasteiger partial charge in [0.1, 0.15) is 16.3 Å². The molecule has 1 N–H and O–H groups in total. The molecule has 0 fully saturated rings. The van der Waals surface area contributed by atoms with Crippen LogP contribution >= 0.6 is 23.1 Å². The molecular formula is C14H9ClF3N3O3S. The average molecular weight is 392 g/mol. The van der Waals surface area contributed by atoms with Gasteiger partial charge < -0.3 is 14.5 Å². The lowest BCUT2D eigenvalue weighted by molar-refractivity contribution is -0.127. The molecule has 3 rings (SSSR count). The maximum absolute atomic E-state index is 12.4. The Kier molecular flexibility index (Phi) is 4.82. The Bertz CT molecular complexity index is 909. The second-order valence-corrected chi connectivity index (χ2v) is 6.03. The Hall–Kier alpha value is -2.33. The summed E-state index contributed by atoms with van der Waals surface area (Å²) >= 11 is 6.50. The molecule has 0 atom stereocenters. The summed E-state index contributed by atoms with van der Waals surface area (Å²) in [7, 11) is 0. The minimum atomic E-state index is -4.43. The van der Waals surface area contributed by atoms with E-state index in [-0.39, 0.29) is 22.3 Å². The highest BCUT2D eigenvalue weighted by atomic mass is 35.5. The summed E-state index contributed by atoms with van der Waals surface area (Å²) in [6, 6.07) is 4.83. The molecule has 132 valence electrons. The number of nitrogens with zero attached hydrogens (tertiary/aromatic N) is 2. The van der Waals surface area contributed by atoms with Crippen LogP contribution in [-0.4, -0.2) is 28.0 Å². The fraction of sp³-hybridized carbons (Fsp3) is 0.214. The Morgan fingerprint density at radius 3 is 2.96 bits per heavy atom. The van der Waals surface area contributed by atoms with Gasteiger partial charge in [-0.1, -0.05) is 11.6 Å². The van der Waals surface area contributed by atoms with E-state index >= 15 is 0 Å². The molecule has 0 aliphatic heterocycles. The molecule has 3 aromatic rings. The van der Waals surface area contributed by atoms with Crippen molar-refractivity contribution in [3.05, 3.63) is 35.3 Å². The number of ether oxygens (including phenoxy) is 1. The molecule has 0 bridgehead atoms. The van der Waals surface area contributed by atoms with E-state index in [4.69, 9.17) is 20.8 Å². The van der Waals surface area contributed by atoms with E-state index in [1.165, 1.54) is 6.39 Å². The van der Waals surface area contributed by atoms with Gasteiger partial charge in [0.25, 0.3) is 5.91 Å². The van der Waals surface area contributed by atoms with Crippen molar-refractivity contribution in [1.29, 1.82) is 0 Å². The van der Waals surface area contributed by atoms with Crippen molar-refractivity contribution in [1.82, 2.24) is 9.36 Å². The zero-order valence-electron chi connectivity index (χ0n) is 12.3. The lowest BCUT2D eigenvalue weighted by Gasteiger charge is -2.06. The monoisotopic (exact) mass is 391 g/mol. The highest BCUT2D eigenvalue weighted by molar-refractivity contribution is 7.11. The van der Waals surface area contributed by atoms with E-state index in [0.29, 0.717) is 28.4 Å². The van der Waals surface area contributed by atoms with Gasteiger partial charge in [-0.15, -0.1) is 0 Å². The van der Waals surface area contributed by atoms with E-state index in [9.17, 15) is 18.0 Å². The first-order valence-corrected chi connectivity index (χ1v) is 7.93. The predicted octanol–water partition coefficient (Wildman–Crippen LogP) is 4.06. The molecule has 0 radical (unpaired) electrons. The first-order valence-electron chi connectivity index (χ1n) is 6.78. The maximum atomic E-state index is 12.4. The van der Waals surface area contributed by atoms with E-state index in [0.717, 1.165) is 0 Å². The number of hydrogen-bond donors (Lipinski definition) is 1. The van der Waals surface area contributed by atoms with Crippen LogP contribution in [0.25, 0.3) is 11.1 Å². The smallest absolute Gasteiger partial charge is 0.394 e. The fourth-order valence-electron chi connectivity index (χ4n) is 1.93. The Morgan fingerprint density at radius 1 is 1.40 bits per heavy atom. The van der Waals surface area contributed by atoms with Crippen LogP contribution in [-0.2, 0) is 11.2 Å². The minimum absolute atomic E-state index is 0.0430. The summed E-state index contributed by atoms with van der Waals surface area (Å²) in [6.07, 6.45) is -4.40. The number of hydrogen-bond acceptors (Lipinski definition) is 6. The van der Waals surface area contributed by atoms with Crippen LogP contribution in [0.4, 0.5) is 18.2 Å². The van der Waals surface area contributed by atoms with Crippen molar-refractivity contribution in [3.63, 3.8) is 0 Å². The number of anilines is 1. The summed E-state index contributed by atoms with van der Waals surface area (Å²) in [6.45, 7) is -0.355.